The lowest BCUT2D eigenvalue weighted by Gasteiger charge is -2.41. The van der Waals surface area contributed by atoms with Crippen LogP contribution in [0.4, 0.5) is 5.69 Å². The lowest BCUT2D eigenvalue weighted by molar-refractivity contribution is -0.384. The van der Waals surface area contributed by atoms with Crippen molar-refractivity contribution in [3.8, 4) is 0 Å². The monoisotopic (exact) mass is 291 g/mol. The minimum atomic E-state index is -0.337. The second-order valence-electron chi connectivity index (χ2n) is 6.35. The van der Waals surface area contributed by atoms with Gasteiger partial charge in [-0.15, -0.1) is 0 Å². The maximum absolute atomic E-state index is 10.9. The summed E-state index contributed by atoms with van der Waals surface area (Å²) in [6, 6.07) is 8.05. The number of hydrogen-bond donors (Lipinski definition) is 1. The van der Waals surface area contributed by atoms with Gasteiger partial charge in [-0.05, 0) is 38.8 Å². The third-order valence-electron chi connectivity index (χ3n) is 4.66. The molecule has 1 fully saturated rings. The van der Waals surface area contributed by atoms with Gasteiger partial charge in [0.15, 0.2) is 0 Å². The largest absolute Gasteiger partial charge is 0.307 e. The van der Waals surface area contributed by atoms with Crippen LogP contribution in [-0.4, -0.2) is 35.5 Å². The molecular weight excluding hydrogens is 266 g/mol. The summed E-state index contributed by atoms with van der Waals surface area (Å²) in [5, 5.41) is 14.5. The summed E-state index contributed by atoms with van der Waals surface area (Å²) in [5.74, 6) is 0.576. The van der Waals surface area contributed by atoms with Crippen LogP contribution in [0.3, 0.4) is 0 Å². The predicted molar refractivity (Wildman–Crippen MR) is 84.3 cm³/mol. The second-order valence-corrected chi connectivity index (χ2v) is 6.35. The predicted octanol–water partition coefficient (Wildman–Crippen LogP) is 2.97. The molecule has 0 spiro atoms. The lowest BCUT2D eigenvalue weighted by atomic mass is 9.89. The first-order valence-corrected chi connectivity index (χ1v) is 7.59. The van der Waals surface area contributed by atoms with Crippen molar-refractivity contribution in [2.45, 2.75) is 45.3 Å². The normalized spacial score (nSPS) is 28.3. The Morgan fingerprint density at radius 1 is 1.43 bits per heavy atom. The van der Waals surface area contributed by atoms with E-state index in [9.17, 15) is 10.1 Å². The van der Waals surface area contributed by atoms with Crippen LogP contribution in [-0.2, 0) is 0 Å². The summed E-state index contributed by atoms with van der Waals surface area (Å²) < 4.78 is 0. The molecule has 4 atom stereocenters. The number of piperidine rings is 1. The highest BCUT2D eigenvalue weighted by Gasteiger charge is 2.29. The van der Waals surface area contributed by atoms with E-state index in [0.29, 0.717) is 18.0 Å². The number of rotatable bonds is 4. The smallest absolute Gasteiger partial charge is 0.269 e. The van der Waals surface area contributed by atoms with Gasteiger partial charge in [-0.25, -0.2) is 0 Å². The molecular formula is C16H25N3O2. The Kier molecular flexibility index (Phi) is 4.96. The first-order chi connectivity index (χ1) is 9.88. The van der Waals surface area contributed by atoms with Crippen LogP contribution in [0.1, 0.15) is 38.8 Å². The fourth-order valence-corrected chi connectivity index (χ4v) is 3.10. The zero-order valence-electron chi connectivity index (χ0n) is 13.2. The molecule has 5 nitrogen and oxygen atoms in total. The molecule has 0 bridgehead atoms. The Morgan fingerprint density at radius 3 is 2.81 bits per heavy atom. The molecule has 0 aliphatic carbocycles. The van der Waals surface area contributed by atoms with Gasteiger partial charge in [0.2, 0.25) is 0 Å². The molecule has 2 rings (SSSR count). The van der Waals surface area contributed by atoms with E-state index < -0.39 is 0 Å². The van der Waals surface area contributed by atoms with Crippen molar-refractivity contribution in [2.75, 3.05) is 13.6 Å². The molecule has 1 N–H and O–H groups in total. The summed E-state index contributed by atoms with van der Waals surface area (Å²) in [4.78, 5) is 12.9. The van der Waals surface area contributed by atoms with E-state index in [1.165, 1.54) is 6.07 Å². The van der Waals surface area contributed by atoms with Gasteiger partial charge in [-0.2, -0.15) is 0 Å². The van der Waals surface area contributed by atoms with Gasteiger partial charge in [0, 0.05) is 36.8 Å². The van der Waals surface area contributed by atoms with Crippen LogP contribution in [0.15, 0.2) is 24.3 Å². The molecule has 1 aromatic rings. The number of nitro groups is 1. The maximum atomic E-state index is 10.9. The molecule has 116 valence electrons. The van der Waals surface area contributed by atoms with Crippen LogP contribution < -0.4 is 5.32 Å². The van der Waals surface area contributed by atoms with Crippen LogP contribution >= 0.6 is 0 Å². The molecule has 4 unspecified atom stereocenters. The number of nitrogens with zero attached hydrogens (tertiary/aromatic N) is 2. The van der Waals surface area contributed by atoms with Crippen molar-refractivity contribution in [3.63, 3.8) is 0 Å². The zero-order chi connectivity index (χ0) is 15.6. The van der Waals surface area contributed by atoms with Crippen molar-refractivity contribution < 1.29 is 4.92 Å². The average Bonchev–Trinajstić information content (AvgIpc) is 2.44. The summed E-state index contributed by atoms with van der Waals surface area (Å²) in [7, 11) is 2.17. The van der Waals surface area contributed by atoms with Crippen molar-refractivity contribution in [1.29, 1.82) is 0 Å². The summed E-state index contributed by atoms with van der Waals surface area (Å²) in [5.41, 5.74) is 1.13. The number of non-ortho nitro benzene ring substituents is 1. The molecule has 1 aliphatic rings. The summed E-state index contributed by atoms with van der Waals surface area (Å²) in [6.45, 7) is 7.67. The standard InChI is InChI=1S/C16H25N3O2/c1-11-10-18(4)12(2)8-16(11)17-13(3)14-6-5-7-15(9-14)19(20)21/h5-7,9,11-13,16-17H,8,10H2,1-4H3. The van der Waals surface area contributed by atoms with E-state index in [4.69, 9.17) is 0 Å². The van der Waals surface area contributed by atoms with Gasteiger partial charge in [0.05, 0.1) is 4.92 Å². The lowest BCUT2D eigenvalue weighted by Crippen LogP contribution is -2.51. The highest BCUT2D eigenvalue weighted by atomic mass is 16.6. The highest BCUT2D eigenvalue weighted by Crippen LogP contribution is 2.25. The highest BCUT2D eigenvalue weighted by molar-refractivity contribution is 5.35. The van der Waals surface area contributed by atoms with Gasteiger partial charge in [0.1, 0.15) is 0 Å². The molecule has 0 amide bonds. The van der Waals surface area contributed by atoms with E-state index in [-0.39, 0.29) is 16.7 Å². The van der Waals surface area contributed by atoms with Crippen LogP contribution in [0.5, 0.6) is 0 Å². The van der Waals surface area contributed by atoms with Gasteiger partial charge >= 0.3 is 0 Å². The Hall–Kier alpha value is -1.46. The SMILES string of the molecule is CC(NC1CC(C)N(C)CC1C)c1cccc([N+](=O)[O-])c1. The van der Waals surface area contributed by atoms with E-state index in [0.717, 1.165) is 18.5 Å². The minimum Gasteiger partial charge on any atom is -0.307 e. The van der Waals surface area contributed by atoms with Crippen molar-refractivity contribution >= 4 is 5.69 Å². The van der Waals surface area contributed by atoms with Crippen molar-refractivity contribution in [3.05, 3.63) is 39.9 Å². The van der Waals surface area contributed by atoms with Crippen LogP contribution in [0.25, 0.3) is 0 Å². The molecule has 1 heterocycles. The van der Waals surface area contributed by atoms with E-state index in [1.54, 1.807) is 12.1 Å². The molecule has 1 saturated heterocycles. The first kappa shape index (κ1) is 15.9. The Balaban J connectivity index is 2.05. The van der Waals surface area contributed by atoms with Gasteiger partial charge < -0.3 is 10.2 Å². The van der Waals surface area contributed by atoms with Gasteiger partial charge in [-0.3, -0.25) is 10.1 Å². The fraction of sp³-hybridized carbons (Fsp3) is 0.625. The minimum absolute atomic E-state index is 0.118. The average molecular weight is 291 g/mol. The zero-order valence-corrected chi connectivity index (χ0v) is 13.2. The second kappa shape index (κ2) is 6.54. The Bertz CT molecular complexity index is 506. The van der Waals surface area contributed by atoms with E-state index >= 15 is 0 Å². The number of nitrogens with one attached hydrogen (secondary N) is 1. The quantitative estimate of drug-likeness (QED) is 0.684. The Morgan fingerprint density at radius 2 is 2.14 bits per heavy atom. The third kappa shape index (κ3) is 3.80. The Labute approximate surface area is 126 Å². The topological polar surface area (TPSA) is 58.4 Å². The third-order valence-corrected chi connectivity index (χ3v) is 4.66. The summed E-state index contributed by atoms with van der Waals surface area (Å²) >= 11 is 0. The maximum Gasteiger partial charge on any atom is 0.269 e. The molecule has 0 radical (unpaired) electrons. The van der Waals surface area contributed by atoms with E-state index in [2.05, 4.69) is 38.0 Å². The fourth-order valence-electron chi connectivity index (χ4n) is 3.10. The molecule has 1 aliphatic heterocycles. The summed E-state index contributed by atoms with van der Waals surface area (Å²) in [6.07, 6.45) is 1.11. The van der Waals surface area contributed by atoms with Gasteiger partial charge in [-0.1, -0.05) is 19.1 Å². The number of benzene rings is 1. The number of nitro benzene ring substituents is 1. The molecule has 21 heavy (non-hydrogen) atoms. The molecule has 1 aromatic carbocycles. The van der Waals surface area contributed by atoms with Crippen LogP contribution in [0.2, 0.25) is 0 Å². The number of likely N-dealkylation sites (tertiary alicyclic amines) is 1. The first-order valence-electron chi connectivity index (χ1n) is 7.59. The van der Waals surface area contributed by atoms with Crippen molar-refractivity contribution in [1.82, 2.24) is 10.2 Å². The molecule has 0 saturated carbocycles. The van der Waals surface area contributed by atoms with E-state index in [1.807, 2.05) is 6.07 Å². The van der Waals surface area contributed by atoms with Crippen molar-refractivity contribution in [2.24, 2.45) is 5.92 Å². The van der Waals surface area contributed by atoms with Gasteiger partial charge in [0.25, 0.3) is 5.69 Å². The molecule has 0 aromatic heterocycles. The van der Waals surface area contributed by atoms with Crippen LogP contribution in [0, 0.1) is 16.0 Å². The number of hydrogen-bond acceptors (Lipinski definition) is 4. The molecule has 5 heteroatoms.